The highest BCUT2D eigenvalue weighted by Gasteiger charge is 2.17. The standard InChI is InChI=1S/C21H29N7O3S.CH4/c1-3-31-17(29)15-23-20-18(27-26-16-7-5-4-6-8-16)19(24-21(25-20)32-2)22-9-10-28-11-13-30-14-12-28;/h4-8H,3,9-15H2,1-2H3,(H2,22,23,24,25);1H4. The number of nitrogens with zero attached hydrogens (tertiary/aromatic N) is 5. The number of aromatic nitrogens is 2. The highest BCUT2D eigenvalue weighted by Crippen LogP contribution is 2.34. The van der Waals surface area contributed by atoms with Gasteiger partial charge >= 0.3 is 5.97 Å². The van der Waals surface area contributed by atoms with E-state index >= 15 is 0 Å². The van der Waals surface area contributed by atoms with E-state index in [1.54, 1.807) is 6.92 Å². The van der Waals surface area contributed by atoms with Crippen LogP contribution in [0.5, 0.6) is 0 Å². The quantitative estimate of drug-likeness (QED) is 0.216. The zero-order valence-electron chi connectivity index (χ0n) is 18.4. The van der Waals surface area contributed by atoms with E-state index in [-0.39, 0.29) is 19.9 Å². The van der Waals surface area contributed by atoms with Crippen molar-refractivity contribution in [3.63, 3.8) is 0 Å². The summed E-state index contributed by atoms with van der Waals surface area (Å²) in [6, 6.07) is 9.42. The summed E-state index contributed by atoms with van der Waals surface area (Å²) < 4.78 is 10.4. The van der Waals surface area contributed by atoms with Gasteiger partial charge in [-0.3, -0.25) is 9.69 Å². The lowest BCUT2D eigenvalue weighted by molar-refractivity contribution is -0.140. The molecular weight excluding hydrogens is 442 g/mol. The number of thioether (sulfide) groups is 1. The van der Waals surface area contributed by atoms with Crippen molar-refractivity contribution >= 4 is 40.7 Å². The fourth-order valence-electron chi connectivity index (χ4n) is 2.99. The van der Waals surface area contributed by atoms with Gasteiger partial charge in [-0.2, -0.15) is 5.11 Å². The summed E-state index contributed by atoms with van der Waals surface area (Å²) in [5.74, 6) is 0.610. The van der Waals surface area contributed by atoms with Crippen molar-refractivity contribution in [3.05, 3.63) is 30.3 Å². The second kappa shape index (κ2) is 14.4. The number of carbonyl (C=O) groups is 1. The third-order valence-electron chi connectivity index (χ3n) is 4.60. The van der Waals surface area contributed by atoms with Crippen molar-refractivity contribution in [2.45, 2.75) is 19.5 Å². The number of anilines is 2. The lowest BCUT2D eigenvalue weighted by Crippen LogP contribution is -2.39. The Balaban J connectivity index is 0.00000385. The topological polar surface area (TPSA) is 113 Å². The Kier molecular flexibility index (Phi) is 11.6. The monoisotopic (exact) mass is 475 g/mol. The predicted molar refractivity (Wildman–Crippen MR) is 132 cm³/mol. The molecule has 1 fully saturated rings. The minimum atomic E-state index is -0.371. The van der Waals surface area contributed by atoms with Gasteiger partial charge < -0.3 is 20.1 Å². The molecule has 1 aromatic carbocycles. The summed E-state index contributed by atoms with van der Waals surface area (Å²) in [5.41, 5.74) is 1.15. The van der Waals surface area contributed by atoms with Gasteiger partial charge in [-0.05, 0) is 25.3 Å². The van der Waals surface area contributed by atoms with E-state index in [0.717, 1.165) is 32.8 Å². The molecule has 1 aliphatic rings. The Morgan fingerprint density at radius 1 is 1.15 bits per heavy atom. The van der Waals surface area contributed by atoms with E-state index in [9.17, 15) is 4.79 Å². The molecule has 0 spiro atoms. The van der Waals surface area contributed by atoms with Crippen molar-refractivity contribution < 1.29 is 14.3 Å². The van der Waals surface area contributed by atoms with Gasteiger partial charge in [-0.1, -0.05) is 37.4 Å². The second-order valence-electron chi connectivity index (χ2n) is 6.83. The van der Waals surface area contributed by atoms with Crippen LogP contribution in [0.3, 0.4) is 0 Å². The molecule has 0 aliphatic carbocycles. The number of morpholine rings is 1. The van der Waals surface area contributed by atoms with Crippen LogP contribution in [0.4, 0.5) is 23.0 Å². The molecule has 0 unspecified atom stereocenters. The summed E-state index contributed by atoms with van der Waals surface area (Å²) >= 11 is 1.41. The lowest BCUT2D eigenvalue weighted by atomic mass is 10.3. The van der Waals surface area contributed by atoms with E-state index in [0.29, 0.717) is 41.3 Å². The SMILES string of the molecule is C.CCOC(=O)CNc1nc(SC)nc(NCCN2CCOCC2)c1N=Nc1ccccc1. The molecule has 180 valence electrons. The summed E-state index contributed by atoms with van der Waals surface area (Å²) in [6.45, 7) is 6.91. The van der Waals surface area contributed by atoms with Crippen molar-refractivity contribution in [2.75, 3.05) is 69.4 Å². The molecule has 0 atom stereocenters. The van der Waals surface area contributed by atoms with Crippen molar-refractivity contribution in [1.29, 1.82) is 0 Å². The summed E-state index contributed by atoms with van der Waals surface area (Å²) in [4.78, 5) is 23.3. The molecule has 2 aromatic rings. The largest absolute Gasteiger partial charge is 0.465 e. The van der Waals surface area contributed by atoms with Crippen LogP contribution < -0.4 is 10.6 Å². The number of rotatable bonds is 11. The number of nitrogens with one attached hydrogen (secondary N) is 2. The summed E-state index contributed by atoms with van der Waals surface area (Å²) in [6.07, 6.45) is 1.90. The lowest BCUT2D eigenvalue weighted by Gasteiger charge is -2.26. The van der Waals surface area contributed by atoms with E-state index < -0.39 is 0 Å². The number of azo groups is 1. The molecule has 1 aliphatic heterocycles. The fourth-order valence-corrected chi connectivity index (χ4v) is 3.36. The molecule has 0 bridgehead atoms. The maximum Gasteiger partial charge on any atom is 0.325 e. The minimum Gasteiger partial charge on any atom is -0.465 e. The first-order valence-corrected chi connectivity index (χ1v) is 11.8. The maximum absolute atomic E-state index is 11.9. The van der Waals surface area contributed by atoms with Crippen LogP contribution in [-0.2, 0) is 14.3 Å². The van der Waals surface area contributed by atoms with Crippen LogP contribution in [-0.4, -0.2) is 79.6 Å². The van der Waals surface area contributed by atoms with Crippen molar-refractivity contribution in [2.24, 2.45) is 10.2 Å². The van der Waals surface area contributed by atoms with Crippen LogP contribution in [0.25, 0.3) is 0 Å². The molecular formula is C22H33N7O3S. The summed E-state index contributed by atoms with van der Waals surface area (Å²) in [7, 11) is 0. The molecule has 33 heavy (non-hydrogen) atoms. The first kappa shape index (κ1) is 26.5. The average Bonchev–Trinajstić information content (AvgIpc) is 2.83. The molecule has 11 heteroatoms. The number of benzene rings is 1. The molecule has 3 rings (SSSR count). The van der Waals surface area contributed by atoms with E-state index in [1.807, 2.05) is 36.6 Å². The summed E-state index contributed by atoms with van der Waals surface area (Å²) in [5, 5.41) is 15.7. The number of esters is 1. The number of carbonyl (C=O) groups excluding carboxylic acids is 1. The Labute approximate surface area is 199 Å². The third-order valence-corrected chi connectivity index (χ3v) is 5.15. The van der Waals surface area contributed by atoms with E-state index in [2.05, 4.69) is 35.7 Å². The molecule has 1 saturated heterocycles. The third kappa shape index (κ3) is 8.60. The number of hydrogen-bond donors (Lipinski definition) is 2. The van der Waals surface area contributed by atoms with Crippen LogP contribution in [0.15, 0.2) is 45.7 Å². The minimum absolute atomic E-state index is 0. The molecule has 10 nitrogen and oxygen atoms in total. The molecule has 1 aromatic heterocycles. The Bertz CT molecular complexity index is 893. The zero-order chi connectivity index (χ0) is 22.6. The molecule has 0 amide bonds. The van der Waals surface area contributed by atoms with Gasteiger partial charge in [-0.25, -0.2) is 9.97 Å². The van der Waals surface area contributed by atoms with Gasteiger partial charge in [0, 0.05) is 26.2 Å². The predicted octanol–water partition coefficient (Wildman–Crippen LogP) is 3.97. The fraction of sp³-hybridized carbons (Fsp3) is 0.500. The van der Waals surface area contributed by atoms with Gasteiger partial charge in [0.1, 0.15) is 6.54 Å². The maximum atomic E-state index is 11.9. The number of ether oxygens (including phenoxy) is 2. The molecule has 2 N–H and O–H groups in total. The smallest absolute Gasteiger partial charge is 0.325 e. The Hall–Kier alpha value is -2.76. The second-order valence-corrected chi connectivity index (χ2v) is 7.60. The zero-order valence-corrected chi connectivity index (χ0v) is 19.2. The van der Waals surface area contributed by atoms with Gasteiger partial charge in [-0.15, -0.1) is 5.11 Å². The van der Waals surface area contributed by atoms with E-state index in [4.69, 9.17) is 9.47 Å². The van der Waals surface area contributed by atoms with Gasteiger partial charge in [0.05, 0.1) is 25.5 Å². The molecule has 0 radical (unpaired) electrons. The molecule has 0 saturated carbocycles. The van der Waals surface area contributed by atoms with Crippen molar-refractivity contribution in [1.82, 2.24) is 14.9 Å². The Morgan fingerprint density at radius 3 is 2.52 bits per heavy atom. The van der Waals surface area contributed by atoms with Gasteiger partial charge in [0.15, 0.2) is 22.5 Å². The highest BCUT2D eigenvalue weighted by atomic mass is 32.2. The van der Waals surface area contributed by atoms with Crippen molar-refractivity contribution in [3.8, 4) is 0 Å². The number of hydrogen-bond acceptors (Lipinski definition) is 11. The van der Waals surface area contributed by atoms with Crippen LogP contribution in [0.1, 0.15) is 14.4 Å². The Morgan fingerprint density at radius 2 is 1.85 bits per heavy atom. The van der Waals surface area contributed by atoms with Gasteiger partial charge in [0.2, 0.25) is 0 Å². The first-order valence-electron chi connectivity index (χ1n) is 10.6. The van der Waals surface area contributed by atoms with Gasteiger partial charge in [0.25, 0.3) is 0 Å². The normalized spacial score (nSPS) is 14.0. The average molecular weight is 476 g/mol. The first-order chi connectivity index (χ1) is 15.7. The van der Waals surface area contributed by atoms with Crippen LogP contribution in [0.2, 0.25) is 0 Å². The van der Waals surface area contributed by atoms with Crippen LogP contribution in [0, 0.1) is 0 Å². The highest BCUT2D eigenvalue weighted by molar-refractivity contribution is 7.98. The van der Waals surface area contributed by atoms with E-state index in [1.165, 1.54) is 11.8 Å². The van der Waals surface area contributed by atoms with Crippen LogP contribution >= 0.6 is 11.8 Å². The molecule has 2 heterocycles.